The maximum Gasteiger partial charge on any atom is 0.115 e. The highest BCUT2D eigenvalue weighted by Gasteiger charge is 1.91. The molecule has 0 spiro atoms. The van der Waals surface area contributed by atoms with Gasteiger partial charge in [0.25, 0.3) is 0 Å². The first-order valence-electron chi connectivity index (χ1n) is 3.02. The smallest absolute Gasteiger partial charge is 0.115 e. The van der Waals surface area contributed by atoms with E-state index in [1.165, 1.54) is 12.1 Å². The first kappa shape index (κ1) is 8.23. The molecule has 1 N–H and O–H groups in total. The second-order valence-electron chi connectivity index (χ2n) is 2.11. The molecule has 3 nitrogen and oxygen atoms in total. The summed E-state index contributed by atoms with van der Waals surface area (Å²) in [4.78, 5) is 0. The molecule has 0 aliphatic heterocycles. The minimum Gasteiger partial charge on any atom is -0.772 e. The molecule has 0 saturated carbocycles. The van der Waals surface area contributed by atoms with E-state index in [0.717, 1.165) is 0 Å². The van der Waals surface area contributed by atoms with Crippen LogP contribution in [0.3, 0.4) is 0 Å². The second kappa shape index (κ2) is 3.50. The molecule has 0 aliphatic rings. The predicted octanol–water partition coefficient (Wildman–Crippen LogP) is 0.771. The van der Waals surface area contributed by atoms with E-state index in [-0.39, 0.29) is 11.5 Å². The van der Waals surface area contributed by atoms with E-state index in [2.05, 4.69) is 0 Å². The highest BCUT2D eigenvalue weighted by Crippen LogP contribution is 2.10. The standard InChI is InChI=1S/C7H8O3S/c8-7-3-1-6(2-4-7)5-11(9)10/h1-4,8H,5H2,(H,9,10)/p-1. The number of rotatable bonds is 2. The molecule has 1 aromatic carbocycles. The summed E-state index contributed by atoms with van der Waals surface area (Å²) in [6, 6.07) is 6.07. The number of hydrogen-bond donors (Lipinski definition) is 1. The Balaban J connectivity index is 2.74. The van der Waals surface area contributed by atoms with Crippen LogP contribution in [0.2, 0.25) is 0 Å². The van der Waals surface area contributed by atoms with Crippen LogP contribution in [0.5, 0.6) is 5.75 Å². The molecule has 0 aromatic heterocycles. The Morgan fingerprint density at radius 2 is 1.91 bits per heavy atom. The van der Waals surface area contributed by atoms with E-state index in [4.69, 9.17) is 5.11 Å². The minimum absolute atomic E-state index is 0.000278. The maximum atomic E-state index is 10.2. The Morgan fingerprint density at radius 1 is 1.36 bits per heavy atom. The lowest BCUT2D eigenvalue weighted by Gasteiger charge is -2.03. The molecular formula is C7H7O3S-. The van der Waals surface area contributed by atoms with E-state index in [0.29, 0.717) is 5.56 Å². The fourth-order valence-corrected chi connectivity index (χ4v) is 1.19. The van der Waals surface area contributed by atoms with Crippen molar-refractivity contribution in [3.05, 3.63) is 29.8 Å². The highest BCUT2D eigenvalue weighted by atomic mass is 32.2. The van der Waals surface area contributed by atoms with Gasteiger partial charge >= 0.3 is 0 Å². The molecule has 0 aliphatic carbocycles. The third-order valence-electron chi connectivity index (χ3n) is 1.22. The van der Waals surface area contributed by atoms with Crippen LogP contribution in [0.25, 0.3) is 0 Å². The van der Waals surface area contributed by atoms with E-state index >= 15 is 0 Å². The van der Waals surface area contributed by atoms with Crippen LogP contribution < -0.4 is 0 Å². The van der Waals surface area contributed by atoms with Gasteiger partial charge in [0.15, 0.2) is 0 Å². The summed E-state index contributed by atoms with van der Waals surface area (Å²) in [5, 5.41) is 8.84. The predicted molar refractivity (Wildman–Crippen MR) is 40.7 cm³/mol. The van der Waals surface area contributed by atoms with Gasteiger partial charge in [0.05, 0.1) is 0 Å². The first-order chi connectivity index (χ1) is 5.18. The number of phenolic OH excluding ortho intramolecular Hbond substituents is 1. The van der Waals surface area contributed by atoms with Gasteiger partial charge in [-0.15, -0.1) is 0 Å². The topological polar surface area (TPSA) is 60.4 Å². The summed E-state index contributed by atoms with van der Waals surface area (Å²) in [6.45, 7) is 0. The fourth-order valence-electron chi connectivity index (χ4n) is 0.728. The lowest BCUT2D eigenvalue weighted by Crippen LogP contribution is -1.91. The lowest BCUT2D eigenvalue weighted by molar-refractivity contribution is 0.475. The van der Waals surface area contributed by atoms with Gasteiger partial charge < -0.3 is 9.66 Å². The molecule has 0 bridgehead atoms. The second-order valence-corrected chi connectivity index (χ2v) is 3.01. The summed E-state index contributed by atoms with van der Waals surface area (Å²) in [7, 11) is 0. The summed E-state index contributed by atoms with van der Waals surface area (Å²) in [6.07, 6.45) is 0. The van der Waals surface area contributed by atoms with Crippen LogP contribution in [0.1, 0.15) is 5.56 Å². The largest absolute Gasteiger partial charge is 0.772 e. The molecule has 0 heterocycles. The molecule has 0 fully saturated rings. The third-order valence-corrected chi connectivity index (χ3v) is 1.79. The van der Waals surface area contributed by atoms with Gasteiger partial charge in [0, 0.05) is 5.75 Å². The van der Waals surface area contributed by atoms with Crippen LogP contribution in [-0.4, -0.2) is 13.9 Å². The molecule has 1 unspecified atom stereocenters. The first-order valence-corrected chi connectivity index (χ1v) is 4.26. The molecule has 11 heavy (non-hydrogen) atoms. The number of hydrogen-bond acceptors (Lipinski definition) is 3. The molecule has 1 rings (SSSR count). The van der Waals surface area contributed by atoms with E-state index < -0.39 is 11.1 Å². The van der Waals surface area contributed by atoms with Crippen LogP contribution >= 0.6 is 0 Å². The zero-order valence-corrected chi connectivity index (χ0v) is 6.50. The summed E-state index contributed by atoms with van der Waals surface area (Å²) in [5.74, 6) is 0.144. The van der Waals surface area contributed by atoms with E-state index in [1.807, 2.05) is 0 Å². The molecule has 0 amide bonds. The van der Waals surface area contributed by atoms with Gasteiger partial charge in [-0.25, -0.2) is 0 Å². The zero-order chi connectivity index (χ0) is 8.27. The lowest BCUT2D eigenvalue weighted by atomic mass is 10.2. The number of benzene rings is 1. The van der Waals surface area contributed by atoms with Crippen molar-refractivity contribution in [2.45, 2.75) is 5.75 Å². The molecule has 1 aromatic rings. The molecule has 0 saturated heterocycles. The van der Waals surface area contributed by atoms with Gasteiger partial charge in [-0.1, -0.05) is 23.2 Å². The van der Waals surface area contributed by atoms with Gasteiger partial charge in [-0.05, 0) is 17.7 Å². The van der Waals surface area contributed by atoms with Crippen molar-refractivity contribution in [3.8, 4) is 5.75 Å². The summed E-state index contributed by atoms with van der Waals surface area (Å²) < 4.78 is 20.4. The quantitative estimate of drug-likeness (QED) is 0.668. The molecular weight excluding hydrogens is 164 g/mol. The molecule has 0 radical (unpaired) electrons. The molecule has 1 atom stereocenters. The Kier molecular flexibility index (Phi) is 2.62. The Labute approximate surface area is 67.0 Å². The average Bonchev–Trinajstić information content (AvgIpc) is 1.93. The Hall–Kier alpha value is -0.870. The van der Waals surface area contributed by atoms with Crippen molar-refractivity contribution >= 4 is 11.1 Å². The van der Waals surface area contributed by atoms with Crippen LogP contribution in [0.15, 0.2) is 24.3 Å². The van der Waals surface area contributed by atoms with Crippen molar-refractivity contribution in [3.63, 3.8) is 0 Å². The molecule has 4 heteroatoms. The monoisotopic (exact) mass is 171 g/mol. The van der Waals surface area contributed by atoms with Gasteiger partial charge in [0.1, 0.15) is 5.75 Å². The van der Waals surface area contributed by atoms with Crippen molar-refractivity contribution < 1.29 is 13.9 Å². The maximum absolute atomic E-state index is 10.2. The normalized spacial score (nSPS) is 12.8. The van der Waals surface area contributed by atoms with E-state index in [9.17, 15) is 8.76 Å². The van der Waals surface area contributed by atoms with Crippen molar-refractivity contribution in [2.75, 3.05) is 0 Å². The van der Waals surface area contributed by atoms with E-state index in [1.54, 1.807) is 12.1 Å². The van der Waals surface area contributed by atoms with Gasteiger partial charge in [-0.2, -0.15) is 0 Å². The summed E-state index contributed by atoms with van der Waals surface area (Å²) >= 11 is -2.05. The minimum atomic E-state index is -2.05. The van der Waals surface area contributed by atoms with Crippen molar-refractivity contribution in [1.82, 2.24) is 0 Å². The van der Waals surface area contributed by atoms with Crippen LogP contribution in [0, 0.1) is 0 Å². The SMILES string of the molecule is O=S([O-])Cc1ccc(O)cc1. The average molecular weight is 171 g/mol. The third kappa shape index (κ3) is 2.69. The van der Waals surface area contributed by atoms with Gasteiger partial charge in [0.2, 0.25) is 0 Å². The van der Waals surface area contributed by atoms with Crippen LogP contribution in [0.4, 0.5) is 0 Å². The fraction of sp³-hybridized carbons (Fsp3) is 0.143. The molecule has 60 valence electrons. The Bertz CT molecular complexity index is 255. The number of aromatic hydroxyl groups is 1. The van der Waals surface area contributed by atoms with Crippen molar-refractivity contribution in [1.29, 1.82) is 0 Å². The number of phenols is 1. The van der Waals surface area contributed by atoms with Crippen LogP contribution in [-0.2, 0) is 16.8 Å². The van der Waals surface area contributed by atoms with Gasteiger partial charge in [-0.3, -0.25) is 4.21 Å². The highest BCUT2D eigenvalue weighted by molar-refractivity contribution is 7.78. The summed E-state index contributed by atoms with van der Waals surface area (Å²) in [5.41, 5.74) is 0.677. The Morgan fingerprint density at radius 3 is 2.36 bits per heavy atom. The van der Waals surface area contributed by atoms with Crippen molar-refractivity contribution in [2.24, 2.45) is 0 Å². The zero-order valence-electron chi connectivity index (χ0n) is 5.69.